The Kier molecular flexibility index (Phi) is 10.5. The summed E-state index contributed by atoms with van der Waals surface area (Å²) in [6, 6.07) is 24.2. The SMILES string of the molecule is CC[C@@H](C)NC(=O)[C@H](Cc1ccccc1)N(Cc1ccc(Cl)c(Cl)c1)C(=O)CSc1ccccc1. The van der Waals surface area contributed by atoms with Crippen LogP contribution in [0.4, 0.5) is 0 Å². The molecule has 2 amide bonds. The van der Waals surface area contributed by atoms with Gasteiger partial charge >= 0.3 is 0 Å². The molecular formula is C28H30Cl2N2O2S. The van der Waals surface area contributed by atoms with Crippen LogP contribution in [0.5, 0.6) is 0 Å². The van der Waals surface area contributed by atoms with Crippen LogP contribution in [0.2, 0.25) is 10.0 Å². The molecule has 0 unspecified atom stereocenters. The number of benzene rings is 3. The lowest BCUT2D eigenvalue weighted by Crippen LogP contribution is -2.52. The maximum absolute atomic E-state index is 13.6. The first kappa shape index (κ1) is 27.1. The van der Waals surface area contributed by atoms with E-state index < -0.39 is 6.04 Å². The normalized spacial score (nSPS) is 12.6. The van der Waals surface area contributed by atoms with Crippen molar-refractivity contribution >= 4 is 46.8 Å². The van der Waals surface area contributed by atoms with Crippen molar-refractivity contribution in [2.24, 2.45) is 0 Å². The molecule has 35 heavy (non-hydrogen) atoms. The van der Waals surface area contributed by atoms with Crippen LogP contribution in [0.25, 0.3) is 0 Å². The summed E-state index contributed by atoms with van der Waals surface area (Å²) in [5.74, 6) is -0.0702. The minimum Gasteiger partial charge on any atom is -0.352 e. The van der Waals surface area contributed by atoms with Gasteiger partial charge in [-0.2, -0.15) is 0 Å². The van der Waals surface area contributed by atoms with Gasteiger partial charge in [-0.3, -0.25) is 9.59 Å². The van der Waals surface area contributed by atoms with Crippen molar-refractivity contribution in [3.05, 3.63) is 100 Å². The summed E-state index contributed by atoms with van der Waals surface area (Å²) in [6.45, 7) is 4.23. The van der Waals surface area contributed by atoms with Gasteiger partial charge in [-0.1, -0.05) is 84.7 Å². The van der Waals surface area contributed by atoms with E-state index in [1.54, 1.807) is 17.0 Å². The van der Waals surface area contributed by atoms with E-state index in [1.807, 2.05) is 80.6 Å². The highest BCUT2D eigenvalue weighted by molar-refractivity contribution is 8.00. The number of amides is 2. The van der Waals surface area contributed by atoms with E-state index in [-0.39, 0.29) is 30.2 Å². The van der Waals surface area contributed by atoms with Crippen LogP contribution in [-0.2, 0) is 22.6 Å². The largest absolute Gasteiger partial charge is 0.352 e. The molecule has 0 aliphatic rings. The highest BCUT2D eigenvalue weighted by Gasteiger charge is 2.31. The number of carbonyl (C=O) groups excluding carboxylic acids is 2. The Balaban J connectivity index is 1.93. The van der Waals surface area contributed by atoms with Gasteiger partial charge in [-0.05, 0) is 48.7 Å². The van der Waals surface area contributed by atoms with Crippen molar-refractivity contribution in [3.8, 4) is 0 Å². The fraction of sp³-hybridized carbons (Fsp3) is 0.286. The lowest BCUT2D eigenvalue weighted by atomic mass is 10.0. The van der Waals surface area contributed by atoms with Crippen molar-refractivity contribution in [1.82, 2.24) is 10.2 Å². The third kappa shape index (κ3) is 8.31. The molecule has 0 bridgehead atoms. The van der Waals surface area contributed by atoms with Crippen molar-refractivity contribution in [3.63, 3.8) is 0 Å². The average Bonchev–Trinajstić information content (AvgIpc) is 2.87. The highest BCUT2D eigenvalue weighted by atomic mass is 35.5. The molecule has 184 valence electrons. The predicted molar refractivity (Wildman–Crippen MR) is 146 cm³/mol. The Bertz CT molecular complexity index is 1110. The quantitative estimate of drug-likeness (QED) is 0.283. The summed E-state index contributed by atoms with van der Waals surface area (Å²) >= 11 is 13.8. The summed E-state index contributed by atoms with van der Waals surface area (Å²) in [7, 11) is 0. The molecule has 3 aromatic carbocycles. The monoisotopic (exact) mass is 528 g/mol. The van der Waals surface area contributed by atoms with E-state index in [9.17, 15) is 9.59 Å². The van der Waals surface area contributed by atoms with Gasteiger partial charge in [-0.15, -0.1) is 11.8 Å². The van der Waals surface area contributed by atoms with E-state index in [0.717, 1.165) is 22.4 Å². The van der Waals surface area contributed by atoms with E-state index in [2.05, 4.69) is 5.32 Å². The first-order valence-electron chi connectivity index (χ1n) is 11.6. The van der Waals surface area contributed by atoms with Gasteiger partial charge in [0.1, 0.15) is 6.04 Å². The fourth-order valence-corrected chi connectivity index (χ4v) is 4.70. The van der Waals surface area contributed by atoms with Crippen molar-refractivity contribution < 1.29 is 9.59 Å². The molecule has 2 atom stereocenters. The summed E-state index contributed by atoms with van der Waals surface area (Å²) < 4.78 is 0. The third-order valence-corrected chi connectivity index (χ3v) is 7.45. The second kappa shape index (κ2) is 13.6. The number of halogens is 2. The number of hydrogen-bond acceptors (Lipinski definition) is 3. The van der Waals surface area contributed by atoms with Crippen molar-refractivity contribution in [2.75, 3.05) is 5.75 Å². The molecule has 1 N–H and O–H groups in total. The predicted octanol–water partition coefficient (Wildman–Crippen LogP) is 6.64. The number of rotatable bonds is 11. The van der Waals surface area contributed by atoms with Crippen LogP contribution in [0.3, 0.4) is 0 Å². The average molecular weight is 530 g/mol. The Morgan fingerprint density at radius 1 is 0.914 bits per heavy atom. The van der Waals surface area contributed by atoms with Crippen LogP contribution in [0, 0.1) is 0 Å². The Morgan fingerprint density at radius 2 is 1.57 bits per heavy atom. The molecule has 0 fully saturated rings. The summed E-state index contributed by atoms with van der Waals surface area (Å²) in [5, 5.41) is 3.94. The molecule has 0 aromatic heterocycles. The van der Waals surface area contributed by atoms with Gasteiger partial charge in [0.15, 0.2) is 0 Å². The zero-order chi connectivity index (χ0) is 25.2. The van der Waals surface area contributed by atoms with Gasteiger partial charge in [0, 0.05) is 23.9 Å². The standard InChI is InChI=1S/C28H30Cl2N2O2S/c1-3-20(2)31-28(34)26(17-21-10-6-4-7-11-21)32(18-22-14-15-24(29)25(30)16-22)27(33)19-35-23-12-8-5-9-13-23/h4-16,20,26H,3,17-19H2,1-2H3,(H,31,34)/t20-,26+/m1/s1. The van der Waals surface area contributed by atoms with E-state index in [4.69, 9.17) is 23.2 Å². The molecule has 4 nitrogen and oxygen atoms in total. The third-order valence-electron chi connectivity index (χ3n) is 5.71. The van der Waals surface area contributed by atoms with Crippen LogP contribution in [0.15, 0.2) is 83.8 Å². The molecule has 0 spiro atoms. The van der Waals surface area contributed by atoms with Crippen LogP contribution >= 0.6 is 35.0 Å². The number of carbonyl (C=O) groups is 2. The second-order valence-electron chi connectivity index (χ2n) is 8.40. The number of hydrogen-bond donors (Lipinski definition) is 1. The van der Waals surface area contributed by atoms with E-state index in [1.165, 1.54) is 11.8 Å². The molecule has 0 heterocycles. The van der Waals surface area contributed by atoms with E-state index >= 15 is 0 Å². The number of nitrogens with one attached hydrogen (secondary N) is 1. The van der Waals surface area contributed by atoms with Crippen molar-refractivity contribution in [1.29, 1.82) is 0 Å². The molecule has 0 radical (unpaired) electrons. The second-order valence-corrected chi connectivity index (χ2v) is 10.3. The van der Waals surface area contributed by atoms with Crippen LogP contribution < -0.4 is 5.32 Å². The van der Waals surface area contributed by atoms with E-state index in [0.29, 0.717) is 16.5 Å². The molecular weight excluding hydrogens is 499 g/mol. The molecule has 3 aromatic rings. The Hall–Kier alpha value is -2.47. The molecule has 0 saturated carbocycles. The van der Waals surface area contributed by atoms with Gasteiger partial charge in [0.2, 0.25) is 11.8 Å². The Morgan fingerprint density at radius 3 is 2.20 bits per heavy atom. The van der Waals surface area contributed by atoms with Gasteiger partial charge < -0.3 is 10.2 Å². The first-order valence-corrected chi connectivity index (χ1v) is 13.4. The van der Waals surface area contributed by atoms with Gasteiger partial charge in [0.05, 0.1) is 15.8 Å². The summed E-state index contributed by atoms with van der Waals surface area (Å²) in [5.41, 5.74) is 1.80. The number of nitrogens with zero attached hydrogens (tertiary/aromatic N) is 1. The molecule has 0 saturated heterocycles. The number of thioether (sulfide) groups is 1. The fourth-order valence-electron chi connectivity index (χ4n) is 3.57. The van der Waals surface area contributed by atoms with Crippen molar-refractivity contribution in [2.45, 2.75) is 50.2 Å². The maximum Gasteiger partial charge on any atom is 0.243 e. The Labute approximate surface area is 222 Å². The van der Waals surface area contributed by atoms with Crippen LogP contribution in [-0.4, -0.2) is 34.6 Å². The smallest absolute Gasteiger partial charge is 0.243 e. The van der Waals surface area contributed by atoms with Gasteiger partial charge in [-0.25, -0.2) is 0 Å². The maximum atomic E-state index is 13.6. The molecule has 3 rings (SSSR count). The summed E-state index contributed by atoms with van der Waals surface area (Å²) in [4.78, 5) is 29.8. The minimum absolute atomic E-state index is 0.00129. The topological polar surface area (TPSA) is 49.4 Å². The first-order chi connectivity index (χ1) is 16.9. The van der Waals surface area contributed by atoms with Gasteiger partial charge in [0.25, 0.3) is 0 Å². The highest BCUT2D eigenvalue weighted by Crippen LogP contribution is 2.25. The zero-order valence-electron chi connectivity index (χ0n) is 19.9. The molecule has 0 aliphatic carbocycles. The zero-order valence-corrected chi connectivity index (χ0v) is 22.2. The lowest BCUT2D eigenvalue weighted by Gasteiger charge is -2.32. The summed E-state index contributed by atoms with van der Waals surface area (Å²) in [6.07, 6.45) is 1.21. The minimum atomic E-state index is -0.676. The molecule has 7 heteroatoms. The molecule has 0 aliphatic heterocycles. The van der Waals surface area contributed by atoms with Crippen LogP contribution in [0.1, 0.15) is 31.4 Å². The lowest BCUT2D eigenvalue weighted by molar-refractivity contribution is -0.139.